The zero-order valence-corrected chi connectivity index (χ0v) is 11.8. The van der Waals surface area contributed by atoms with Gasteiger partial charge in [-0.1, -0.05) is 0 Å². The Balaban J connectivity index is 3.14. The molecule has 0 heterocycles. The summed E-state index contributed by atoms with van der Waals surface area (Å²) in [5, 5.41) is 2.86. The van der Waals surface area contributed by atoms with Crippen molar-refractivity contribution in [3.05, 3.63) is 35.4 Å². The fourth-order valence-corrected chi connectivity index (χ4v) is 1.84. The maximum absolute atomic E-state index is 13.9. The standard InChI is InChI=1S/C14H19F2NO3/c1-4-20-13(18)14(2,17-7-8-19-3)11-9-10(15)5-6-12(11)16/h5-6,9,17H,4,7-8H2,1-3H3. The van der Waals surface area contributed by atoms with Crippen LogP contribution in [0.15, 0.2) is 18.2 Å². The monoisotopic (exact) mass is 287 g/mol. The van der Waals surface area contributed by atoms with Crippen LogP contribution >= 0.6 is 0 Å². The number of esters is 1. The van der Waals surface area contributed by atoms with Gasteiger partial charge in [0, 0.05) is 19.2 Å². The van der Waals surface area contributed by atoms with E-state index in [1.807, 2.05) is 0 Å². The number of carbonyl (C=O) groups is 1. The average molecular weight is 287 g/mol. The third-order valence-electron chi connectivity index (χ3n) is 2.94. The third kappa shape index (κ3) is 3.74. The number of hydrogen-bond acceptors (Lipinski definition) is 4. The van der Waals surface area contributed by atoms with Gasteiger partial charge in [0.15, 0.2) is 0 Å². The molecule has 0 radical (unpaired) electrons. The highest BCUT2D eigenvalue weighted by molar-refractivity contribution is 5.82. The predicted molar refractivity (Wildman–Crippen MR) is 70.2 cm³/mol. The first kappa shape index (κ1) is 16.5. The lowest BCUT2D eigenvalue weighted by molar-refractivity contribution is -0.151. The summed E-state index contributed by atoms with van der Waals surface area (Å²) in [4.78, 5) is 12.1. The largest absolute Gasteiger partial charge is 0.464 e. The molecule has 0 bridgehead atoms. The predicted octanol–water partition coefficient (Wildman–Crippen LogP) is 1.98. The van der Waals surface area contributed by atoms with Gasteiger partial charge < -0.3 is 9.47 Å². The maximum Gasteiger partial charge on any atom is 0.330 e. The summed E-state index contributed by atoms with van der Waals surface area (Å²) in [6.07, 6.45) is 0. The minimum absolute atomic E-state index is 0.0907. The van der Waals surface area contributed by atoms with Crippen LogP contribution in [0.25, 0.3) is 0 Å². The molecule has 4 nitrogen and oxygen atoms in total. The fourth-order valence-electron chi connectivity index (χ4n) is 1.84. The summed E-state index contributed by atoms with van der Waals surface area (Å²) in [5.74, 6) is -1.96. The Kier molecular flexibility index (Phi) is 6.04. The highest BCUT2D eigenvalue weighted by Gasteiger charge is 2.38. The molecule has 1 aromatic carbocycles. The second-order valence-corrected chi connectivity index (χ2v) is 4.39. The van der Waals surface area contributed by atoms with Gasteiger partial charge in [-0.2, -0.15) is 0 Å². The van der Waals surface area contributed by atoms with Gasteiger partial charge in [-0.3, -0.25) is 5.32 Å². The van der Waals surface area contributed by atoms with E-state index in [-0.39, 0.29) is 12.2 Å². The lowest BCUT2D eigenvalue weighted by Gasteiger charge is -2.29. The van der Waals surface area contributed by atoms with Crippen molar-refractivity contribution < 1.29 is 23.0 Å². The van der Waals surface area contributed by atoms with E-state index in [0.717, 1.165) is 18.2 Å². The molecular formula is C14H19F2NO3. The molecule has 1 unspecified atom stereocenters. The first-order valence-electron chi connectivity index (χ1n) is 6.32. The van der Waals surface area contributed by atoms with E-state index in [1.165, 1.54) is 14.0 Å². The lowest BCUT2D eigenvalue weighted by atomic mass is 9.91. The van der Waals surface area contributed by atoms with Crippen molar-refractivity contribution in [3.8, 4) is 0 Å². The molecule has 0 aliphatic heterocycles. The van der Waals surface area contributed by atoms with Crippen LogP contribution in [0.1, 0.15) is 19.4 Å². The maximum atomic E-state index is 13.9. The van der Waals surface area contributed by atoms with Crippen molar-refractivity contribution in [1.29, 1.82) is 0 Å². The van der Waals surface area contributed by atoms with Crippen molar-refractivity contribution in [1.82, 2.24) is 5.32 Å². The molecule has 1 aromatic rings. The first-order chi connectivity index (χ1) is 9.45. The minimum atomic E-state index is -1.47. The topological polar surface area (TPSA) is 47.6 Å². The lowest BCUT2D eigenvalue weighted by Crippen LogP contribution is -2.49. The van der Waals surface area contributed by atoms with Crippen molar-refractivity contribution in [2.45, 2.75) is 19.4 Å². The van der Waals surface area contributed by atoms with E-state index in [0.29, 0.717) is 13.2 Å². The molecule has 112 valence electrons. The minimum Gasteiger partial charge on any atom is -0.464 e. The molecule has 0 fully saturated rings. The molecule has 0 aliphatic rings. The Bertz CT molecular complexity index is 468. The molecule has 1 rings (SSSR count). The Labute approximate surface area is 117 Å². The number of nitrogens with one attached hydrogen (secondary N) is 1. The van der Waals surface area contributed by atoms with E-state index in [4.69, 9.17) is 9.47 Å². The average Bonchev–Trinajstić information content (AvgIpc) is 2.41. The Morgan fingerprint density at radius 1 is 1.40 bits per heavy atom. The van der Waals surface area contributed by atoms with Gasteiger partial charge in [-0.05, 0) is 32.0 Å². The zero-order chi connectivity index (χ0) is 15.2. The molecule has 0 saturated carbocycles. The molecule has 0 aromatic heterocycles. The number of ether oxygens (including phenoxy) is 2. The van der Waals surface area contributed by atoms with E-state index < -0.39 is 23.1 Å². The van der Waals surface area contributed by atoms with Crippen LogP contribution in [0, 0.1) is 11.6 Å². The van der Waals surface area contributed by atoms with Crippen LogP contribution in [0.2, 0.25) is 0 Å². The highest BCUT2D eigenvalue weighted by atomic mass is 19.1. The Morgan fingerprint density at radius 2 is 2.10 bits per heavy atom. The second-order valence-electron chi connectivity index (χ2n) is 4.39. The summed E-state index contributed by atoms with van der Waals surface area (Å²) in [6, 6.07) is 2.98. The van der Waals surface area contributed by atoms with Crippen molar-refractivity contribution in [3.63, 3.8) is 0 Å². The van der Waals surface area contributed by atoms with Crippen molar-refractivity contribution in [2.24, 2.45) is 0 Å². The molecular weight excluding hydrogens is 268 g/mol. The molecule has 0 amide bonds. The summed E-state index contributed by atoms with van der Waals surface area (Å²) >= 11 is 0. The first-order valence-corrected chi connectivity index (χ1v) is 6.32. The number of benzene rings is 1. The summed E-state index contributed by atoms with van der Waals surface area (Å²) in [6.45, 7) is 3.87. The fraction of sp³-hybridized carbons (Fsp3) is 0.500. The number of carbonyl (C=O) groups excluding carboxylic acids is 1. The molecule has 0 aliphatic carbocycles. The van der Waals surface area contributed by atoms with Gasteiger partial charge in [0.2, 0.25) is 0 Å². The summed E-state index contributed by atoms with van der Waals surface area (Å²) in [7, 11) is 1.51. The van der Waals surface area contributed by atoms with Crippen LogP contribution in [0.4, 0.5) is 8.78 Å². The van der Waals surface area contributed by atoms with Crippen LogP contribution in [-0.2, 0) is 19.8 Å². The quantitative estimate of drug-likeness (QED) is 0.615. The summed E-state index contributed by atoms with van der Waals surface area (Å²) < 4.78 is 37.1. The normalized spacial score (nSPS) is 13.8. The Morgan fingerprint density at radius 3 is 2.70 bits per heavy atom. The smallest absolute Gasteiger partial charge is 0.330 e. The van der Waals surface area contributed by atoms with Crippen molar-refractivity contribution >= 4 is 5.97 Å². The SMILES string of the molecule is CCOC(=O)C(C)(NCCOC)c1cc(F)ccc1F. The van der Waals surface area contributed by atoms with Crippen LogP contribution < -0.4 is 5.32 Å². The van der Waals surface area contributed by atoms with Crippen LogP contribution in [0.5, 0.6) is 0 Å². The second kappa shape index (κ2) is 7.31. The van der Waals surface area contributed by atoms with Gasteiger partial charge in [-0.25, -0.2) is 13.6 Å². The molecule has 1 N–H and O–H groups in total. The molecule has 6 heteroatoms. The molecule has 1 atom stereocenters. The van der Waals surface area contributed by atoms with Gasteiger partial charge in [0.25, 0.3) is 0 Å². The van der Waals surface area contributed by atoms with Gasteiger partial charge in [0.1, 0.15) is 17.2 Å². The van der Waals surface area contributed by atoms with Crippen LogP contribution in [-0.4, -0.2) is 32.8 Å². The van der Waals surface area contributed by atoms with E-state index in [1.54, 1.807) is 6.92 Å². The van der Waals surface area contributed by atoms with Gasteiger partial charge >= 0.3 is 5.97 Å². The van der Waals surface area contributed by atoms with E-state index >= 15 is 0 Å². The number of rotatable bonds is 7. The van der Waals surface area contributed by atoms with Crippen LogP contribution in [0.3, 0.4) is 0 Å². The zero-order valence-electron chi connectivity index (χ0n) is 11.8. The van der Waals surface area contributed by atoms with Gasteiger partial charge in [0.05, 0.1) is 13.2 Å². The highest BCUT2D eigenvalue weighted by Crippen LogP contribution is 2.26. The van der Waals surface area contributed by atoms with E-state index in [9.17, 15) is 13.6 Å². The summed E-state index contributed by atoms with van der Waals surface area (Å²) in [5.41, 5.74) is -1.56. The number of halogens is 2. The Hall–Kier alpha value is -1.53. The molecule has 20 heavy (non-hydrogen) atoms. The molecule has 0 spiro atoms. The van der Waals surface area contributed by atoms with Gasteiger partial charge in [-0.15, -0.1) is 0 Å². The number of methoxy groups -OCH3 is 1. The number of hydrogen-bond donors (Lipinski definition) is 1. The van der Waals surface area contributed by atoms with Crippen molar-refractivity contribution in [2.75, 3.05) is 26.9 Å². The third-order valence-corrected chi connectivity index (χ3v) is 2.94. The molecule has 0 saturated heterocycles. The van der Waals surface area contributed by atoms with E-state index in [2.05, 4.69) is 5.32 Å².